The van der Waals surface area contributed by atoms with E-state index in [4.69, 9.17) is 0 Å². The maximum absolute atomic E-state index is 11.3. The molecule has 0 aromatic carbocycles. The van der Waals surface area contributed by atoms with Crippen molar-refractivity contribution in [3.8, 4) is 0 Å². The number of anilines is 1. The molecule has 0 radical (unpaired) electrons. The summed E-state index contributed by atoms with van der Waals surface area (Å²) in [6.07, 6.45) is 0.874. The molecule has 0 aliphatic heterocycles. The van der Waals surface area contributed by atoms with Gasteiger partial charge in [0.15, 0.2) is 0 Å². The summed E-state index contributed by atoms with van der Waals surface area (Å²) >= 11 is 1.69. The highest BCUT2D eigenvalue weighted by Gasteiger charge is 2.26. The van der Waals surface area contributed by atoms with E-state index >= 15 is 0 Å². The maximum Gasteiger partial charge on any atom is 0.333 e. The van der Waals surface area contributed by atoms with E-state index in [1.807, 2.05) is 13.8 Å². The van der Waals surface area contributed by atoms with Crippen LogP contribution in [0.25, 0.3) is 0 Å². The van der Waals surface area contributed by atoms with Crippen molar-refractivity contribution in [2.75, 3.05) is 5.32 Å². The molecule has 0 bridgehead atoms. The molecule has 0 aliphatic rings. The van der Waals surface area contributed by atoms with Crippen LogP contribution in [0.2, 0.25) is 0 Å². The van der Waals surface area contributed by atoms with Crippen molar-refractivity contribution in [2.24, 2.45) is 0 Å². The summed E-state index contributed by atoms with van der Waals surface area (Å²) < 4.78 is 1.70. The van der Waals surface area contributed by atoms with Gasteiger partial charge in [-0.25, -0.2) is 4.68 Å². The molecule has 0 aliphatic carbocycles. The molecule has 1 N–H and O–H groups in total. The zero-order chi connectivity index (χ0) is 15.6. The largest absolute Gasteiger partial charge is 0.357 e. The lowest BCUT2D eigenvalue weighted by molar-refractivity contribution is -0.384. The average Bonchev–Trinajstić information content (AvgIpc) is 2.95. The second-order valence-electron chi connectivity index (χ2n) is 5.08. The zero-order valence-electron chi connectivity index (χ0n) is 12.7. The molecule has 1 atom stereocenters. The second kappa shape index (κ2) is 6.26. The van der Waals surface area contributed by atoms with E-state index in [9.17, 15) is 10.1 Å². The van der Waals surface area contributed by atoms with Crippen LogP contribution in [-0.2, 0) is 6.54 Å². The van der Waals surface area contributed by atoms with Crippen LogP contribution in [0, 0.1) is 24.0 Å². The Labute approximate surface area is 127 Å². The van der Waals surface area contributed by atoms with Crippen molar-refractivity contribution in [2.45, 2.75) is 46.7 Å². The van der Waals surface area contributed by atoms with E-state index in [2.05, 4.69) is 29.5 Å². The fourth-order valence-electron chi connectivity index (χ4n) is 2.27. The van der Waals surface area contributed by atoms with Gasteiger partial charge in [-0.3, -0.25) is 10.1 Å². The SMILES string of the molecule is CCCn1nc(C)c([N+](=O)[O-])c1NC(C)c1ccc(C)s1. The molecular formula is C14H20N4O2S. The summed E-state index contributed by atoms with van der Waals surface area (Å²) in [7, 11) is 0. The number of hydrogen-bond acceptors (Lipinski definition) is 5. The molecule has 114 valence electrons. The van der Waals surface area contributed by atoms with Gasteiger partial charge in [-0.1, -0.05) is 6.92 Å². The maximum atomic E-state index is 11.3. The van der Waals surface area contributed by atoms with E-state index in [1.165, 1.54) is 4.88 Å². The number of aryl methyl sites for hydroxylation is 3. The predicted molar refractivity (Wildman–Crippen MR) is 85.0 cm³/mol. The van der Waals surface area contributed by atoms with Gasteiger partial charge in [0.25, 0.3) is 0 Å². The predicted octanol–water partition coefficient (Wildman–Crippen LogP) is 4.05. The van der Waals surface area contributed by atoms with Crippen LogP contribution in [0.5, 0.6) is 0 Å². The highest BCUT2D eigenvalue weighted by Crippen LogP contribution is 2.33. The molecule has 2 aromatic heterocycles. The van der Waals surface area contributed by atoms with E-state index in [0.717, 1.165) is 11.3 Å². The summed E-state index contributed by atoms with van der Waals surface area (Å²) in [6, 6.07) is 4.12. The van der Waals surface area contributed by atoms with Crippen LogP contribution in [0.4, 0.5) is 11.5 Å². The number of hydrogen-bond donors (Lipinski definition) is 1. The van der Waals surface area contributed by atoms with E-state index in [-0.39, 0.29) is 16.7 Å². The number of nitro groups is 1. The summed E-state index contributed by atoms with van der Waals surface area (Å²) in [5.41, 5.74) is 0.522. The van der Waals surface area contributed by atoms with Gasteiger partial charge < -0.3 is 5.32 Å². The molecule has 0 spiro atoms. The summed E-state index contributed by atoms with van der Waals surface area (Å²) in [5, 5.41) is 18.9. The lowest BCUT2D eigenvalue weighted by atomic mass is 10.2. The summed E-state index contributed by atoms with van der Waals surface area (Å²) in [4.78, 5) is 13.3. The van der Waals surface area contributed by atoms with Crippen molar-refractivity contribution >= 4 is 22.8 Å². The standard InChI is InChI=1S/C14H20N4O2S/c1-5-8-17-14(13(18(19)20)11(4)16-17)15-10(3)12-7-6-9(2)21-12/h6-7,10,15H,5,8H2,1-4H3. The highest BCUT2D eigenvalue weighted by atomic mass is 32.1. The number of nitrogens with one attached hydrogen (secondary N) is 1. The lowest BCUT2D eigenvalue weighted by Gasteiger charge is -2.14. The van der Waals surface area contributed by atoms with Gasteiger partial charge in [0.1, 0.15) is 5.69 Å². The highest BCUT2D eigenvalue weighted by molar-refractivity contribution is 7.12. The van der Waals surface area contributed by atoms with Crippen molar-refractivity contribution < 1.29 is 4.92 Å². The Kier molecular flexibility index (Phi) is 4.62. The van der Waals surface area contributed by atoms with E-state index in [1.54, 1.807) is 22.9 Å². The average molecular weight is 308 g/mol. The fraction of sp³-hybridized carbons (Fsp3) is 0.500. The van der Waals surface area contributed by atoms with E-state index in [0.29, 0.717) is 18.1 Å². The Bertz CT molecular complexity index is 647. The van der Waals surface area contributed by atoms with Crippen molar-refractivity contribution in [3.05, 3.63) is 37.7 Å². The Hall–Kier alpha value is -1.89. The van der Waals surface area contributed by atoms with Gasteiger partial charge in [-0.15, -0.1) is 11.3 Å². The van der Waals surface area contributed by atoms with Gasteiger partial charge in [-0.05, 0) is 39.3 Å². The third-order valence-electron chi connectivity index (χ3n) is 3.25. The fourth-order valence-corrected chi connectivity index (χ4v) is 3.15. The molecule has 6 nitrogen and oxygen atoms in total. The molecule has 0 saturated heterocycles. The zero-order valence-corrected chi connectivity index (χ0v) is 13.5. The first-order valence-electron chi connectivity index (χ1n) is 6.98. The molecule has 2 aromatic rings. The number of thiophene rings is 1. The normalized spacial score (nSPS) is 12.4. The number of nitrogens with zero attached hydrogens (tertiary/aromatic N) is 3. The summed E-state index contributed by atoms with van der Waals surface area (Å²) in [5.74, 6) is 0.498. The first-order valence-corrected chi connectivity index (χ1v) is 7.80. The van der Waals surface area contributed by atoms with E-state index < -0.39 is 0 Å². The Morgan fingerprint density at radius 2 is 2.19 bits per heavy atom. The van der Waals surface area contributed by atoms with Gasteiger partial charge in [-0.2, -0.15) is 5.10 Å². The van der Waals surface area contributed by atoms with Crippen LogP contribution in [0.15, 0.2) is 12.1 Å². The third kappa shape index (κ3) is 3.24. The first kappa shape index (κ1) is 15.5. The molecule has 2 rings (SSSR count). The molecule has 2 heterocycles. The molecule has 0 amide bonds. The Morgan fingerprint density at radius 1 is 1.48 bits per heavy atom. The van der Waals surface area contributed by atoms with Crippen LogP contribution in [0.1, 0.15) is 41.8 Å². The Morgan fingerprint density at radius 3 is 2.71 bits per heavy atom. The minimum Gasteiger partial charge on any atom is -0.357 e. The minimum atomic E-state index is -0.358. The molecule has 21 heavy (non-hydrogen) atoms. The van der Waals surface area contributed by atoms with Gasteiger partial charge in [0, 0.05) is 16.3 Å². The molecule has 7 heteroatoms. The monoisotopic (exact) mass is 308 g/mol. The van der Waals surface area contributed by atoms with Gasteiger partial charge >= 0.3 is 5.69 Å². The van der Waals surface area contributed by atoms with Crippen molar-refractivity contribution in [1.29, 1.82) is 0 Å². The quantitative estimate of drug-likeness (QED) is 0.645. The number of rotatable bonds is 6. The smallest absolute Gasteiger partial charge is 0.333 e. The second-order valence-corrected chi connectivity index (χ2v) is 6.40. The first-order chi connectivity index (χ1) is 9.93. The van der Waals surface area contributed by atoms with Crippen LogP contribution in [-0.4, -0.2) is 14.7 Å². The Balaban J connectivity index is 2.35. The van der Waals surface area contributed by atoms with Crippen molar-refractivity contribution in [3.63, 3.8) is 0 Å². The molecule has 0 fully saturated rings. The topological polar surface area (TPSA) is 73.0 Å². The van der Waals surface area contributed by atoms with Crippen LogP contribution < -0.4 is 5.32 Å². The van der Waals surface area contributed by atoms with Crippen LogP contribution in [0.3, 0.4) is 0 Å². The summed E-state index contributed by atoms with van der Waals surface area (Å²) in [6.45, 7) is 8.42. The molecule has 1 unspecified atom stereocenters. The third-order valence-corrected chi connectivity index (χ3v) is 4.44. The van der Waals surface area contributed by atoms with Crippen LogP contribution >= 0.6 is 11.3 Å². The molecule has 0 saturated carbocycles. The number of aromatic nitrogens is 2. The van der Waals surface area contributed by atoms with Crippen molar-refractivity contribution in [1.82, 2.24) is 9.78 Å². The molecular weight excluding hydrogens is 288 g/mol. The minimum absolute atomic E-state index is 0.00843. The van der Waals surface area contributed by atoms with Gasteiger partial charge in [0.05, 0.1) is 11.0 Å². The van der Waals surface area contributed by atoms with Gasteiger partial charge in [0.2, 0.25) is 5.82 Å². The lowest BCUT2D eigenvalue weighted by Crippen LogP contribution is -2.12.